The van der Waals surface area contributed by atoms with Crippen LogP contribution in [0.2, 0.25) is 0 Å². The minimum absolute atomic E-state index is 0.109. The normalized spacial score (nSPS) is 21.8. The number of nitrogens with one attached hydrogen (secondary N) is 1. The van der Waals surface area contributed by atoms with Gasteiger partial charge in [0.1, 0.15) is 15.6 Å². The van der Waals surface area contributed by atoms with E-state index in [1.165, 1.54) is 6.26 Å². The average molecular weight is 275 g/mol. The Morgan fingerprint density at radius 3 is 2.56 bits per heavy atom. The van der Waals surface area contributed by atoms with E-state index in [4.69, 9.17) is 0 Å². The zero-order valence-corrected chi connectivity index (χ0v) is 12.5. The molecule has 18 heavy (non-hydrogen) atoms. The number of rotatable bonds is 6. The van der Waals surface area contributed by atoms with Crippen molar-refractivity contribution < 1.29 is 13.2 Å². The maximum Gasteiger partial charge on any atom is 0.147 e. The predicted octanol–water partition coefficient (Wildman–Crippen LogP) is 1.41. The van der Waals surface area contributed by atoms with E-state index in [-0.39, 0.29) is 17.0 Å². The molecular formula is C13H25NO3S. The molecule has 1 atom stereocenters. The van der Waals surface area contributed by atoms with Gasteiger partial charge in [0, 0.05) is 18.1 Å². The van der Waals surface area contributed by atoms with Crippen molar-refractivity contribution in [2.75, 3.05) is 25.1 Å². The van der Waals surface area contributed by atoms with E-state index in [2.05, 4.69) is 5.32 Å². The summed E-state index contributed by atoms with van der Waals surface area (Å²) in [5.41, 5.74) is -0.342. The Balaban J connectivity index is 2.48. The number of carbonyl (C=O) groups is 1. The molecule has 0 radical (unpaired) electrons. The summed E-state index contributed by atoms with van der Waals surface area (Å²) in [6, 6.07) is 0. The summed E-state index contributed by atoms with van der Waals surface area (Å²) in [7, 11) is -2.95. The molecule has 1 N–H and O–H groups in total. The minimum atomic E-state index is -2.95. The molecule has 0 aromatic rings. The van der Waals surface area contributed by atoms with Gasteiger partial charge >= 0.3 is 0 Å². The Hall–Kier alpha value is -0.420. The fraction of sp³-hybridized carbons (Fsp3) is 0.923. The quantitative estimate of drug-likeness (QED) is 0.796. The highest BCUT2D eigenvalue weighted by Crippen LogP contribution is 2.33. The van der Waals surface area contributed by atoms with Crippen LogP contribution in [0.5, 0.6) is 0 Å². The van der Waals surface area contributed by atoms with Crippen LogP contribution in [0.1, 0.15) is 39.5 Å². The fourth-order valence-corrected chi connectivity index (χ4v) is 3.18. The summed E-state index contributed by atoms with van der Waals surface area (Å²) in [6.07, 6.45) is 4.23. The second-order valence-corrected chi connectivity index (χ2v) is 8.18. The van der Waals surface area contributed by atoms with Crippen LogP contribution in [0.3, 0.4) is 0 Å². The summed E-state index contributed by atoms with van der Waals surface area (Å²) in [5, 5.41) is 3.33. The molecule has 0 aliphatic carbocycles. The number of hydrogen-bond acceptors (Lipinski definition) is 4. The van der Waals surface area contributed by atoms with Gasteiger partial charge in [-0.2, -0.15) is 0 Å². The molecular weight excluding hydrogens is 250 g/mol. The fourth-order valence-electron chi connectivity index (χ4n) is 2.51. The molecule has 1 saturated heterocycles. The average Bonchev–Trinajstić information content (AvgIpc) is 2.28. The van der Waals surface area contributed by atoms with Gasteiger partial charge in [0.25, 0.3) is 0 Å². The van der Waals surface area contributed by atoms with Gasteiger partial charge in [-0.25, -0.2) is 8.42 Å². The molecule has 0 bridgehead atoms. The van der Waals surface area contributed by atoms with Gasteiger partial charge in [-0.15, -0.1) is 0 Å². The Morgan fingerprint density at radius 1 is 1.39 bits per heavy atom. The van der Waals surface area contributed by atoms with Crippen LogP contribution in [-0.4, -0.2) is 39.3 Å². The first-order valence-corrected chi connectivity index (χ1v) is 8.71. The third-order valence-corrected chi connectivity index (χ3v) is 4.99. The van der Waals surface area contributed by atoms with Gasteiger partial charge in [0.05, 0.1) is 5.75 Å². The smallest absolute Gasteiger partial charge is 0.147 e. The third kappa shape index (κ3) is 4.69. The molecule has 106 valence electrons. The zero-order valence-electron chi connectivity index (χ0n) is 11.7. The van der Waals surface area contributed by atoms with E-state index >= 15 is 0 Å². The van der Waals surface area contributed by atoms with Crippen molar-refractivity contribution in [3.8, 4) is 0 Å². The molecule has 5 heteroatoms. The molecule has 0 aromatic carbocycles. The topological polar surface area (TPSA) is 63.2 Å². The molecule has 0 saturated carbocycles. The number of sulfone groups is 1. The Labute approximate surface area is 110 Å². The molecule has 0 amide bonds. The van der Waals surface area contributed by atoms with Gasteiger partial charge < -0.3 is 5.32 Å². The van der Waals surface area contributed by atoms with Crippen molar-refractivity contribution >= 4 is 15.6 Å². The Bertz CT molecular complexity index is 381. The molecule has 4 nitrogen and oxygen atoms in total. The molecule has 1 rings (SSSR count). The molecule has 1 aliphatic heterocycles. The Kier molecular flexibility index (Phi) is 5.34. The monoisotopic (exact) mass is 275 g/mol. The first-order valence-electron chi connectivity index (χ1n) is 6.65. The highest BCUT2D eigenvalue weighted by molar-refractivity contribution is 7.90. The number of ketones is 1. The Morgan fingerprint density at radius 2 is 2.06 bits per heavy atom. The summed E-state index contributed by atoms with van der Waals surface area (Å²) in [4.78, 5) is 12.2. The lowest BCUT2D eigenvalue weighted by atomic mass is 9.71. The second kappa shape index (κ2) is 6.15. The molecule has 1 fully saturated rings. The largest absolute Gasteiger partial charge is 0.316 e. The molecule has 1 aliphatic rings. The molecule has 0 spiro atoms. The zero-order chi connectivity index (χ0) is 13.8. The van der Waals surface area contributed by atoms with Crippen LogP contribution in [0.25, 0.3) is 0 Å². The number of Topliss-reactive ketones (excluding diaryl/α,β-unsaturated/α-hetero) is 1. The molecule has 0 aromatic heterocycles. The SMILES string of the molecule is CC(C)(C(=O)CCCS(C)(=O)=O)C1CCCNC1. The van der Waals surface area contributed by atoms with E-state index in [1.54, 1.807) is 0 Å². The van der Waals surface area contributed by atoms with Crippen molar-refractivity contribution in [2.45, 2.75) is 39.5 Å². The van der Waals surface area contributed by atoms with Crippen molar-refractivity contribution in [3.63, 3.8) is 0 Å². The van der Waals surface area contributed by atoms with Crippen molar-refractivity contribution in [1.29, 1.82) is 0 Å². The standard InChI is InChI=1S/C13H25NO3S/c1-13(2,11-6-4-8-14-10-11)12(15)7-5-9-18(3,16)17/h11,14H,4-10H2,1-3H3. The van der Waals surface area contributed by atoms with Gasteiger partial charge in [0.2, 0.25) is 0 Å². The van der Waals surface area contributed by atoms with Gasteiger partial charge in [-0.05, 0) is 38.3 Å². The lowest BCUT2D eigenvalue weighted by Crippen LogP contribution is -2.42. The number of hydrogen-bond donors (Lipinski definition) is 1. The number of carbonyl (C=O) groups excluding carboxylic acids is 1. The summed E-state index contributed by atoms with van der Waals surface area (Å²) in [6.45, 7) is 5.92. The maximum atomic E-state index is 12.2. The van der Waals surface area contributed by atoms with Gasteiger partial charge in [-0.3, -0.25) is 4.79 Å². The predicted molar refractivity (Wildman–Crippen MR) is 73.3 cm³/mol. The van der Waals surface area contributed by atoms with Crippen LogP contribution >= 0.6 is 0 Å². The summed E-state index contributed by atoms with van der Waals surface area (Å²) in [5.74, 6) is 0.675. The lowest BCUT2D eigenvalue weighted by molar-refractivity contribution is -0.130. The minimum Gasteiger partial charge on any atom is -0.316 e. The maximum absolute atomic E-state index is 12.2. The van der Waals surface area contributed by atoms with Gasteiger partial charge in [0.15, 0.2) is 0 Å². The van der Waals surface area contributed by atoms with Crippen LogP contribution in [0, 0.1) is 11.3 Å². The van der Waals surface area contributed by atoms with Crippen LogP contribution in [-0.2, 0) is 14.6 Å². The van der Waals surface area contributed by atoms with Crippen molar-refractivity contribution in [2.24, 2.45) is 11.3 Å². The first-order chi connectivity index (χ1) is 8.23. The van der Waals surface area contributed by atoms with E-state index in [1.807, 2.05) is 13.8 Å². The highest BCUT2D eigenvalue weighted by Gasteiger charge is 2.36. The highest BCUT2D eigenvalue weighted by atomic mass is 32.2. The first kappa shape index (κ1) is 15.6. The number of piperidine rings is 1. The van der Waals surface area contributed by atoms with Crippen molar-refractivity contribution in [1.82, 2.24) is 5.32 Å². The van der Waals surface area contributed by atoms with Crippen LogP contribution in [0.15, 0.2) is 0 Å². The second-order valence-electron chi connectivity index (χ2n) is 5.92. The third-order valence-electron chi connectivity index (χ3n) is 3.96. The van der Waals surface area contributed by atoms with Gasteiger partial charge in [-0.1, -0.05) is 13.8 Å². The van der Waals surface area contributed by atoms with Crippen molar-refractivity contribution in [3.05, 3.63) is 0 Å². The molecule has 1 heterocycles. The van der Waals surface area contributed by atoms with Crippen LogP contribution < -0.4 is 5.32 Å². The van der Waals surface area contributed by atoms with E-state index in [9.17, 15) is 13.2 Å². The molecule has 1 unspecified atom stereocenters. The van der Waals surface area contributed by atoms with Crippen LogP contribution in [0.4, 0.5) is 0 Å². The lowest BCUT2D eigenvalue weighted by Gasteiger charge is -2.36. The summed E-state index contributed by atoms with van der Waals surface area (Å²) >= 11 is 0. The van der Waals surface area contributed by atoms with E-state index in [0.717, 1.165) is 25.9 Å². The van der Waals surface area contributed by atoms with E-state index < -0.39 is 9.84 Å². The summed E-state index contributed by atoms with van der Waals surface area (Å²) < 4.78 is 22.1. The van der Waals surface area contributed by atoms with E-state index in [0.29, 0.717) is 18.8 Å².